The molecular formula is C24H27N3O3. The SMILES string of the molecule is CC(C)(C)C(OC(=O)NC(=O)C1NCCc2c1[nH]c1ccccc21)c1ccccc1. The summed E-state index contributed by atoms with van der Waals surface area (Å²) >= 11 is 0. The molecule has 1 aliphatic rings. The zero-order chi connectivity index (χ0) is 21.3. The van der Waals surface area contributed by atoms with Gasteiger partial charge in [0.25, 0.3) is 5.91 Å². The first-order chi connectivity index (χ1) is 14.3. The lowest BCUT2D eigenvalue weighted by atomic mass is 9.84. The topological polar surface area (TPSA) is 83.2 Å². The van der Waals surface area contributed by atoms with Crippen molar-refractivity contribution < 1.29 is 14.3 Å². The normalized spacial score (nSPS) is 17.2. The second-order valence-electron chi connectivity index (χ2n) is 8.75. The number of H-pyrrole nitrogens is 1. The highest BCUT2D eigenvalue weighted by Crippen LogP contribution is 2.36. The standard InChI is InChI=1S/C24H27N3O3/c1-24(2,3)21(15-9-5-4-6-10-15)30-23(29)27-22(28)20-19-17(13-14-25-20)16-11-7-8-12-18(16)26-19/h4-12,20-21,25-26H,13-14H2,1-3H3,(H,27,28,29). The summed E-state index contributed by atoms with van der Waals surface area (Å²) in [6.45, 7) is 6.66. The van der Waals surface area contributed by atoms with Crippen LogP contribution in [0.2, 0.25) is 0 Å². The number of aromatic amines is 1. The molecule has 156 valence electrons. The molecule has 0 aliphatic carbocycles. The van der Waals surface area contributed by atoms with Gasteiger partial charge in [-0.3, -0.25) is 10.1 Å². The number of hydrogen-bond donors (Lipinski definition) is 3. The Morgan fingerprint density at radius 1 is 1.07 bits per heavy atom. The Morgan fingerprint density at radius 2 is 1.77 bits per heavy atom. The number of carbonyl (C=O) groups excluding carboxylic acids is 2. The van der Waals surface area contributed by atoms with Crippen LogP contribution in [0.5, 0.6) is 0 Å². The van der Waals surface area contributed by atoms with Gasteiger partial charge in [-0.1, -0.05) is 69.3 Å². The Balaban J connectivity index is 1.51. The van der Waals surface area contributed by atoms with Crippen LogP contribution in [0.1, 0.15) is 49.7 Å². The van der Waals surface area contributed by atoms with E-state index in [0.717, 1.165) is 34.1 Å². The average molecular weight is 405 g/mol. The molecule has 3 N–H and O–H groups in total. The molecule has 2 unspecified atom stereocenters. The summed E-state index contributed by atoms with van der Waals surface area (Å²) in [5, 5.41) is 6.75. The highest BCUT2D eigenvalue weighted by molar-refractivity contribution is 5.97. The predicted molar refractivity (Wildman–Crippen MR) is 116 cm³/mol. The number of imide groups is 1. The Kier molecular flexibility index (Phi) is 5.35. The molecule has 0 fully saturated rings. The molecule has 4 rings (SSSR count). The van der Waals surface area contributed by atoms with Crippen molar-refractivity contribution in [1.29, 1.82) is 0 Å². The van der Waals surface area contributed by atoms with E-state index >= 15 is 0 Å². The molecule has 6 nitrogen and oxygen atoms in total. The van der Waals surface area contributed by atoms with Gasteiger partial charge in [-0.05, 0) is 23.6 Å². The van der Waals surface area contributed by atoms with E-state index in [1.807, 2.05) is 75.4 Å². The number of ether oxygens (including phenoxy) is 1. The first-order valence-electron chi connectivity index (χ1n) is 10.2. The second kappa shape index (κ2) is 7.95. The molecular weight excluding hydrogens is 378 g/mol. The first kappa shape index (κ1) is 20.2. The van der Waals surface area contributed by atoms with Crippen molar-refractivity contribution in [1.82, 2.24) is 15.6 Å². The number of aromatic nitrogens is 1. The van der Waals surface area contributed by atoms with Gasteiger partial charge in [0.15, 0.2) is 0 Å². The molecule has 1 aromatic heterocycles. The van der Waals surface area contributed by atoms with Gasteiger partial charge in [0, 0.05) is 28.6 Å². The van der Waals surface area contributed by atoms with Crippen LogP contribution in [-0.2, 0) is 16.0 Å². The molecule has 0 saturated carbocycles. The maximum atomic E-state index is 12.9. The maximum absolute atomic E-state index is 12.9. The first-order valence-corrected chi connectivity index (χ1v) is 10.2. The van der Waals surface area contributed by atoms with Gasteiger partial charge in [-0.15, -0.1) is 0 Å². The molecule has 0 saturated heterocycles. The second-order valence-corrected chi connectivity index (χ2v) is 8.75. The van der Waals surface area contributed by atoms with Crippen molar-refractivity contribution in [3.05, 3.63) is 71.4 Å². The van der Waals surface area contributed by atoms with Crippen LogP contribution in [0.4, 0.5) is 4.79 Å². The fraction of sp³-hybridized carbons (Fsp3) is 0.333. The average Bonchev–Trinajstić information content (AvgIpc) is 3.10. The molecule has 3 aromatic rings. The Labute approximate surface area is 176 Å². The fourth-order valence-corrected chi connectivity index (χ4v) is 4.09. The molecule has 0 spiro atoms. The molecule has 30 heavy (non-hydrogen) atoms. The summed E-state index contributed by atoms with van der Waals surface area (Å²) in [7, 11) is 0. The summed E-state index contributed by atoms with van der Waals surface area (Å²) in [4.78, 5) is 28.9. The lowest BCUT2D eigenvalue weighted by Gasteiger charge is -2.31. The van der Waals surface area contributed by atoms with E-state index in [2.05, 4.69) is 15.6 Å². The lowest BCUT2D eigenvalue weighted by Crippen LogP contribution is -2.44. The molecule has 0 radical (unpaired) electrons. The van der Waals surface area contributed by atoms with E-state index in [-0.39, 0.29) is 5.41 Å². The Morgan fingerprint density at radius 3 is 2.50 bits per heavy atom. The van der Waals surface area contributed by atoms with Gasteiger partial charge in [0.05, 0.1) is 0 Å². The summed E-state index contributed by atoms with van der Waals surface area (Å²) < 4.78 is 5.70. The number of nitrogens with one attached hydrogen (secondary N) is 3. The van der Waals surface area contributed by atoms with Gasteiger partial charge < -0.3 is 15.0 Å². The monoisotopic (exact) mass is 405 g/mol. The third-order valence-electron chi connectivity index (χ3n) is 5.46. The minimum Gasteiger partial charge on any atom is -0.440 e. The Bertz CT molecular complexity index is 1070. The minimum atomic E-state index is -0.742. The third kappa shape index (κ3) is 3.96. The highest BCUT2D eigenvalue weighted by Gasteiger charge is 2.33. The molecule has 6 heteroatoms. The lowest BCUT2D eigenvalue weighted by molar-refractivity contribution is -0.123. The van der Waals surface area contributed by atoms with Crippen molar-refractivity contribution in [3.8, 4) is 0 Å². The Hall–Kier alpha value is -3.12. The highest BCUT2D eigenvalue weighted by atomic mass is 16.6. The summed E-state index contributed by atoms with van der Waals surface area (Å²) in [6.07, 6.45) is -0.392. The van der Waals surface area contributed by atoms with Crippen LogP contribution in [0.15, 0.2) is 54.6 Å². The number of fused-ring (bicyclic) bond motifs is 3. The van der Waals surface area contributed by atoms with Crippen molar-refractivity contribution in [3.63, 3.8) is 0 Å². The van der Waals surface area contributed by atoms with Crippen LogP contribution in [0, 0.1) is 5.41 Å². The number of carbonyl (C=O) groups is 2. The van der Waals surface area contributed by atoms with Crippen molar-refractivity contribution in [2.75, 3.05) is 6.54 Å². The fourth-order valence-electron chi connectivity index (χ4n) is 4.09. The minimum absolute atomic E-state index is 0.324. The summed E-state index contributed by atoms with van der Waals surface area (Å²) in [6, 6.07) is 16.9. The number of amides is 2. The van der Waals surface area contributed by atoms with E-state index in [4.69, 9.17) is 4.74 Å². The van der Waals surface area contributed by atoms with Crippen LogP contribution in [0.3, 0.4) is 0 Å². The van der Waals surface area contributed by atoms with E-state index < -0.39 is 24.1 Å². The van der Waals surface area contributed by atoms with Gasteiger partial charge in [-0.25, -0.2) is 4.79 Å². The summed E-state index contributed by atoms with van der Waals surface area (Å²) in [5.74, 6) is -0.423. The smallest absolute Gasteiger partial charge is 0.414 e. The zero-order valence-electron chi connectivity index (χ0n) is 17.5. The number of hydrogen-bond acceptors (Lipinski definition) is 4. The molecule has 0 bridgehead atoms. The zero-order valence-corrected chi connectivity index (χ0v) is 17.5. The van der Waals surface area contributed by atoms with Gasteiger partial charge in [-0.2, -0.15) is 0 Å². The largest absolute Gasteiger partial charge is 0.440 e. The van der Waals surface area contributed by atoms with Crippen molar-refractivity contribution in [2.45, 2.75) is 39.3 Å². The quantitative estimate of drug-likeness (QED) is 0.603. The number of alkyl carbamates (subject to hydrolysis) is 1. The molecule has 1 aliphatic heterocycles. The van der Waals surface area contributed by atoms with Crippen LogP contribution in [0.25, 0.3) is 10.9 Å². The van der Waals surface area contributed by atoms with Gasteiger partial charge in [0.1, 0.15) is 12.1 Å². The molecule has 2 heterocycles. The van der Waals surface area contributed by atoms with Gasteiger partial charge in [0.2, 0.25) is 0 Å². The molecule has 2 atom stereocenters. The van der Waals surface area contributed by atoms with E-state index in [1.165, 1.54) is 0 Å². The molecule has 2 aromatic carbocycles. The van der Waals surface area contributed by atoms with E-state index in [1.54, 1.807) is 0 Å². The van der Waals surface area contributed by atoms with E-state index in [9.17, 15) is 9.59 Å². The summed E-state index contributed by atoms with van der Waals surface area (Å²) in [5.41, 5.74) is 3.48. The number of rotatable bonds is 3. The molecule has 2 amide bonds. The maximum Gasteiger partial charge on any atom is 0.414 e. The third-order valence-corrected chi connectivity index (χ3v) is 5.46. The van der Waals surface area contributed by atoms with Crippen molar-refractivity contribution >= 4 is 22.9 Å². The van der Waals surface area contributed by atoms with Crippen LogP contribution in [-0.4, -0.2) is 23.5 Å². The number of benzene rings is 2. The number of para-hydroxylation sites is 1. The van der Waals surface area contributed by atoms with Crippen molar-refractivity contribution in [2.24, 2.45) is 5.41 Å². The van der Waals surface area contributed by atoms with Crippen LogP contribution < -0.4 is 10.6 Å². The van der Waals surface area contributed by atoms with Gasteiger partial charge >= 0.3 is 6.09 Å². The van der Waals surface area contributed by atoms with E-state index in [0.29, 0.717) is 6.54 Å². The predicted octanol–water partition coefficient (Wildman–Crippen LogP) is 4.39. The van der Waals surface area contributed by atoms with Crippen LogP contribution >= 0.6 is 0 Å².